The van der Waals surface area contributed by atoms with E-state index in [0.717, 1.165) is 85.1 Å². The predicted molar refractivity (Wildman–Crippen MR) is 154 cm³/mol. The van der Waals surface area contributed by atoms with Crippen molar-refractivity contribution >= 4 is 56.4 Å². The highest BCUT2D eigenvalue weighted by Gasteiger charge is 2.27. The summed E-state index contributed by atoms with van der Waals surface area (Å²) in [5.74, 6) is -1.32. The molecule has 0 bridgehead atoms. The number of hydrogen-bond donors (Lipinski definition) is 2. The summed E-state index contributed by atoms with van der Waals surface area (Å²) in [7, 11) is 2.72. The number of fused-ring (bicyclic) bond motifs is 2. The third-order valence-corrected chi connectivity index (χ3v) is 9.85. The summed E-state index contributed by atoms with van der Waals surface area (Å²) < 4.78 is 10.1. The Labute approximate surface area is 237 Å². The molecule has 2 aliphatic rings. The number of hydrogen-bond acceptors (Lipinski definition) is 8. The Kier molecular flexibility index (Phi) is 10.6. The molecule has 10 heteroatoms. The Balaban J connectivity index is 1.37. The van der Waals surface area contributed by atoms with Crippen LogP contribution in [-0.2, 0) is 44.7 Å². The Morgan fingerprint density at radius 3 is 1.38 bits per heavy atom. The number of nitrogens with one attached hydrogen (secondary N) is 2. The second kappa shape index (κ2) is 14.1. The van der Waals surface area contributed by atoms with Crippen LogP contribution < -0.4 is 10.6 Å². The summed E-state index contributed by atoms with van der Waals surface area (Å²) in [6, 6.07) is 0. The summed E-state index contributed by atoms with van der Waals surface area (Å²) in [4.78, 5) is 53.1. The Bertz CT molecular complexity index is 1120. The minimum absolute atomic E-state index is 0.140. The SMILES string of the molecule is COC(=O)c1c(NC(=O)CCCC(=O)Nc2sc3c(c2C(=O)OC)CCCCCC3)sc2c1CCCCCC2. The van der Waals surface area contributed by atoms with Crippen LogP contribution in [0.15, 0.2) is 0 Å². The molecule has 2 aromatic heterocycles. The maximum atomic E-state index is 12.8. The maximum Gasteiger partial charge on any atom is 0.341 e. The third-order valence-electron chi connectivity index (χ3n) is 7.44. The predicted octanol–water partition coefficient (Wildman–Crippen LogP) is 6.45. The van der Waals surface area contributed by atoms with Crippen molar-refractivity contribution in [3.05, 3.63) is 32.0 Å². The van der Waals surface area contributed by atoms with E-state index in [2.05, 4.69) is 10.6 Å². The van der Waals surface area contributed by atoms with Crippen LogP contribution in [-0.4, -0.2) is 38.0 Å². The van der Waals surface area contributed by atoms with Crippen LogP contribution in [0.1, 0.15) is 112 Å². The molecule has 0 aliphatic heterocycles. The minimum Gasteiger partial charge on any atom is -0.465 e. The van der Waals surface area contributed by atoms with Crippen LogP contribution in [0.3, 0.4) is 0 Å². The number of rotatable bonds is 8. The molecular formula is C29H38N2O6S2. The lowest BCUT2D eigenvalue weighted by atomic mass is 9.96. The zero-order valence-electron chi connectivity index (χ0n) is 22.9. The van der Waals surface area contributed by atoms with Crippen molar-refractivity contribution in [2.75, 3.05) is 24.9 Å². The van der Waals surface area contributed by atoms with Crippen LogP contribution in [0.25, 0.3) is 0 Å². The number of carbonyl (C=O) groups excluding carboxylic acids is 4. The standard InChI is InChI=1S/C29H38N2O6S2/c1-36-28(34)24-18-12-7-3-5-9-14-20(18)38-26(24)30-22(32)16-11-17-23(33)31-27-25(29(35)37-2)19-13-8-4-6-10-15-21(19)39-27/h3-17H2,1-2H3,(H,30,32)(H,31,33). The summed E-state index contributed by atoms with van der Waals surface area (Å²) >= 11 is 2.93. The van der Waals surface area contributed by atoms with Crippen molar-refractivity contribution in [2.24, 2.45) is 0 Å². The van der Waals surface area contributed by atoms with Gasteiger partial charge in [-0.1, -0.05) is 25.7 Å². The molecule has 0 radical (unpaired) electrons. The van der Waals surface area contributed by atoms with Crippen LogP contribution in [0, 0.1) is 0 Å². The van der Waals surface area contributed by atoms with Crippen LogP contribution >= 0.6 is 22.7 Å². The van der Waals surface area contributed by atoms with E-state index in [9.17, 15) is 19.2 Å². The van der Waals surface area contributed by atoms with Gasteiger partial charge in [0.2, 0.25) is 11.8 Å². The first-order chi connectivity index (χ1) is 18.9. The Hall–Kier alpha value is -2.72. The molecule has 0 aromatic carbocycles. The number of esters is 2. The minimum atomic E-state index is -0.422. The number of anilines is 2. The van der Waals surface area contributed by atoms with Crippen molar-refractivity contribution in [2.45, 2.75) is 96.3 Å². The average Bonchev–Trinajstić information content (AvgIpc) is 3.39. The summed E-state index contributed by atoms with van der Waals surface area (Å²) in [6.45, 7) is 0. The monoisotopic (exact) mass is 574 g/mol. The fourth-order valence-corrected chi connectivity index (χ4v) is 8.03. The lowest BCUT2D eigenvalue weighted by Gasteiger charge is -2.11. The Morgan fingerprint density at radius 2 is 1.00 bits per heavy atom. The number of thiophene rings is 2. The molecule has 0 fully saturated rings. The van der Waals surface area contributed by atoms with Gasteiger partial charge in [0.1, 0.15) is 10.0 Å². The van der Waals surface area contributed by atoms with Gasteiger partial charge in [-0.2, -0.15) is 0 Å². The van der Waals surface area contributed by atoms with Crippen molar-refractivity contribution in [1.29, 1.82) is 0 Å². The molecule has 2 amide bonds. The number of methoxy groups -OCH3 is 2. The van der Waals surface area contributed by atoms with Gasteiger partial charge in [-0.3, -0.25) is 9.59 Å². The van der Waals surface area contributed by atoms with E-state index < -0.39 is 11.9 Å². The molecule has 212 valence electrons. The molecule has 2 heterocycles. The highest BCUT2D eigenvalue weighted by atomic mass is 32.1. The van der Waals surface area contributed by atoms with Gasteiger partial charge >= 0.3 is 11.9 Å². The lowest BCUT2D eigenvalue weighted by molar-refractivity contribution is -0.117. The maximum absolute atomic E-state index is 12.8. The van der Waals surface area contributed by atoms with Gasteiger partial charge < -0.3 is 20.1 Å². The van der Waals surface area contributed by atoms with Gasteiger partial charge in [-0.15, -0.1) is 22.7 Å². The normalized spacial score (nSPS) is 15.4. The summed E-state index contributed by atoms with van der Waals surface area (Å²) in [5.41, 5.74) is 2.98. The Morgan fingerprint density at radius 1 is 0.615 bits per heavy atom. The molecule has 2 aromatic rings. The first-order valence-corrected chi connectivity index (χ1v) is 15.6. The first kappa shape index (κ1) is 29.3. The van der Waals surface area contributed by atoms with Gasteiger partial charge in [-0.05, 0) is 68.9 Å². The molecular weight excluding hydrogens is 536 g/mol. The quantitative estimate of drug-likeness (QED) is 0.351. The van der Waals surface area contributed by atoms with Gasteiger partial charge in [0.05, 0.1) is 25.3 Å². The zero-order valence-corrected chi connectivity index (χ0v) is 24.5. The topological polar surface area (TPSA) is 111 Å². The van der Waals surface area contributed by atoms with Gasteiger partial charge in [0.25, 0.3) is 0 Å². The van der Waals surface area contributed by atoms with Crippen LogP contribution in [0.5, 0.6) is 0 Å². The number of amides is 2. The van der Waals surface area contributed by atoms with E-state index in [1.165, 1.54) is 49.7 Å². The second-order valence-electron chi connectivity index (χ2n) is 10.2. The van der Waals surface area contributed by atoms with E-state index in [-0.39, 0.29) is 24.7 Å². The molecule has 0 saturated heterocycles. The number of ether oxygens (including phenoxy) is 2. The van der Waals surface area contributed by atoms with E-state index in [1.54, 1.807) is 0 Å². The van der Waals surface area contributed by atoms with Gasteiger partial charge in [-0.25, -0.2) is 9.59 Å². The fourth-order valence-electron chi connectivity index (χ4n) is 5.44. The van der Waals surface area contributed by atoms with E-state index in [4.69, 9.17) is 9.47 Å². The summed E-state index contributed by atoms with van der Waals surface area (Å²) in [6.07, 6.45) is 12.8. The number of aryl methyl sites for hydroxylation is 2. The van der Waals surface area contributed by atoms with Crippen molar-refractivity contribution < 1.29 is 28.7 Å². The van der Waals surface area contributed by atoms with E-state index >= 15 is 0 Å². The fraction of sp³-hybridized carbons (Fsp3) is 0.586. The molecule has 2 N–H and O–H groups in total. The van der Waals surface area contributed by atoms with Crippen molar-refractivity contribution in [3.8, 4) is 0 Å². The summed E-state index contributed by atoms with van der Waals surface area (Å²) in [5, 5.41) is 6.91. The van der Waals surface area contributed by atoms with Gasteiger partial charge in [0.15, 0.2) is 0 Å². The van der Waals surface area contributed by atoms with Crippen LogP contribution in [0.2, 0.25) is 0 Å². The third kappa shape index (κ3) is 7.28. The van der Waals surface area contributed by atoms with Gasteiger partial charge in [0, 0.05) is 22.6 Å². The van der Waals surface area contributed by atoms with Crippen molar-refractivity contribution in [1.82, 2.24) is 0 Å². The zero-order chi connectivity index (χ0) is 27.8. The smallest absolute Gasteiger partial charge is 0.341 e. The molecule has 0 saturated carbocycles. The second-order valence-corrected chi connectivity index (χ2v) is 12.4. The average molecular weight is 575 g/mol. The molecule has 0 spiro atoms. The number of carbonyl (C=O) groups is 4. The molecule has 8 nitrogen and oxygen atoms in total. The first-order valence-electron chi connectivity index (χ1n) is 14.0. The highest BCUT2D eigenvalue weighted by molar-refractivity contribution is 7.17. The van der Waals surface area contributed by atoms with Crippen molar-refractivity contribution in [3.63, 3.8) is 0 Å². The molecule has 0 unspecified atom stereocenters. The highest BCUT2D eigenvalue weighted by Crippen LogP contribution is 2.39. The van der Waals surface area contributed by atoms with E-state index in [0.29, 0.717) is 27.5 Å². The molecule has 4 rings (SSSR count). The van der Waals surface area contributed by atoms with E-state index in [1.807, 2.05) is 0 Å². The largest absolute Gasteiger partial charge is 0.465 e. The van der Waals surface area contributed by atoms with Crippen LogP contribution in [0.4, 0.5) is 10.0 Å². The molecule has 2 aliphatic carbocycles. The lowest BCUT2D eigenvalue weighted by Crippen LogP contribution is -2.17. The molecule has 0 atom stereocenters. The molecule has 39 heavy (non-hydrogen) atoms.